The average Bonchev–Trinajstić information content (AvgIpc) is 3.02. The van der Waals surface area contributed by atoms with Crippen molar-refractivity contribution in [2.45, 2.75) is 33.3 Å². The van der Waals surface area contributed by atoms with E-state index in [1.165, 1.54) is 28.7 Å². The van der Waals surface area contributed by atoms with Crippen LogP contribution in [0.2, 0.25) is 0 Å². The van der Waals surface area contributed by atoms with E-state index in [4.69, 9.17) is 4.74 Å². The number of carbonyl (C=O) groups excluding carboxylic acids is 2. The molecule has 2 rings (SSSR count). The molecule has 0 unspecified atom stereocenters. The predicted octanol–water partition coefficient (Wildman–Crippen LogP) is 4.31. The molecule has 0 aliphatic carbocycles. The maximum atomic E-state index is 12.0. The fraction of sp³-hybridized carbons (Fsp3) is 0.421. The first-order valence-electron chi connectivity index (χ1n) is 8.60. The smallest absolute Gasteiger partial charge is 0.407 e. The van der Waals surface area contributed by atoms with Crippen molar-refractivity contribution in [3.63, 3.8) is 0 Å². The van der Waals surface area contributed by atoms with Crippen molar-refractivity contribution in [2.75, 3.05) is 23.4 Å². The lowest BCUT2D eigenvalue weighted by molar-refractivity contribution is -0.113. The van der Waals surface area contributed by atoms with Crippen molar-refractivity contribution >= 4 is 40.2 Å². The third-order valence-electron chi connectivity index (χ3n) is 3.25. The molecule has 1 heterocycles. The van der Waals surface area contributed by atoms with Crippen LogP contribution in [-0.4, -0.2) is 40.6 Å². The van der Waals surface area contributed by atoms with Gasteiger partial charge in [-0.15, -0.1) is 11.3 Å². The van der Waals surface area contributed by atoms with Crippen molar-refractivity contribution in [3.8, 4) is 11.3 Å². The Balaban J connectivity index is 1.68. The third kappa shape index (κ3) is 8.01. The molecule has 1 aromatic heterocycles. The molecule has 2 N–H and O–H groups in total. The van der Waals surface area contributed by atoms with Crippen molar-refractivity contribution in [2.24, 2.45) is 0 Å². The number of hydrogen-bond donors (Lipinski definition) is 2. The Kier molecular flexibility index (Phi) is 7.67. The minimum Gasteiger partial charge on any atom is -0.444 e. The second-order valence-electron chi connectivity index (χ2n) is 6.93. The summed E-state index contributed by atoms with van der Waals surface area (Å²) in [5.74, 6) is 0.816. The first-order valence-corrected chi connectivity index (χ1v) is 10.6. The molecule has 0 bridgehead atoms. The number of rotatable bonds is 7. The predicted molar refractivity (Wildman–Crippen MR) is 112 cm³/mol. The van der Waals surface area contributed by atoms with Crippen LogP contribution < -0.4 is 10.6 Å². The van der Waals surface area contributed by atoms with Crippen LogP contribution in [0.1, 0.15) is 26.3 Å². The largest absolute Gasteiger partial charge is 0.444 e. The SMILES string of the molecule is Cc1ccc(-c2csc(NC(=O)CSCCNC(=O)OC(C)(C)C)n2)cc1. The van der Waals surface area contributed by atoms with Gasteiger partial charge in [0.1, 0.15) is 5.60 Å². The Morgan fingerprint density at radius 1 is 1.22 bits per heavy atom. The lowest BCUT2D eigenvalue weighted by Crippen LogP contribution is -2.33. The quantitative estimate of drug-likeness (QED) is 0.668. The van der Waals surface area contributed by atoms with E-state index in [-0.39, 0.29) is 5.91 Å². The van der Waals surface area contributed by atoms with E-state index in [9.17, 15) is 9.59 Å². The van der Waals surface area contributed by atoms with Gasteiger partial charge in [-0.25, -0.2) is 9.78 Å². The number of ether oxygens (including phenoxy) is 1. The number of benzene rings is 1. The monoisotopic (exact) mass is 407 g/mol. The summed E-state index contributed by atoms with van der Waals surface area (Å²) in [5, 5.41) is 7.99. The number of amides is 2. The lowest BCUT2D eigenvalue weighted by Gasteiger charge is -2.19. The number of thiazole rings is 1. The zero-order valence-corrected chi connectivity index (χ0v) is 17.6. The van der Waals surface area contributed by atoms with Crippen molar-refractivity contribution in [1.29, 1.82) is 0 Å². The number of thioether (sulfide) groups is 1. The van der Waals surface area contributed by atoms with Crippen LogP contribution >= 0.6 is 23.1 Å². The molecular weight excluding hydrogens is 382 g/mol. The molecular formula is C19H25N3O3S2. The van der Waals surface area contributed by atoms with E-state index in [1.807, 2.05) is 57.3 Å². The summed E-state index contributed by atoms with van der Waals surface area (Å²) in [6.45, 7) is 7.93. The Bertz CT molecular complexity index is 767. The van der Waals surface area contributed by atoms with Gasteiger partial charge in [0.15, 0.2) is 5.13 Å². The van der Waals surface area contributed by atoms with Crippen LogP contribution in [0, 0.1) is 6.92 Å². The van der Waals surface area contributed by atoms with Crippen LogP contribution in [0.4, 0.5) is 9.93 Å². The number of aromatic nitrogens is 1. The molecule has 0 saturated carbocycles. The molecule has 6 nitrogen and oxygen atoms in total. The van der Waals surface area contributed by atoms with Crippen molar-refractivity contribution < 1.29 is 14.3 Å². The Labute approximate surface area is 168 Å². The highest BCUT2D eigenvalue weighted by atomic mass is 32.2. The van der Waals surface area contributed by atoms with E-state index in [1.54, 1.807) is 0 Å². The highest BCUT2D eigenvalue weighted by Gasteiger charge is 2.15. The number of nitrogens with zero attached hydrogens (tertiary/aromatic N) is 1. The molecule has 146 valence electrons. The fourth-order valence-corrected chi connectivity index (χ4v) is 3.43. The molecule has 0 spiro atoms. The van der Waals surface area contributed by atoms with Gasteiger partial charge in [0.2, 0.25) is 5.91 Å². The zero-order chi connectivity index (χ0) is 19.9. The summed E-state index contributed by atoms with van der Waals surface area (Å²) < 4.78 is 5.14. The van der Waals surface area contributed by atoms with Gasteiger partial charge in [-0.05, 0) is 27.7 Å². The van der Waals surface area contributed by atoms with Crippen LogP contribution in [0.3, 0.4) is 0 Å². The number of alkyl carbamates (subject to hydrolysis) is 1. The fourth-order valence-electron chi connectivity index (χ4n) is 2.05. The number of aryl methyl sites for hydroxylation is 1. The van der Waals surface area contributed by atoms with Crippen molar-refractivity contribution in [3.05, 3.63) is 35.2 Å². The van der Waals surface area contributed by atoms with Gasteiger partial charge in [0, 0.05) is 23.2 Å². The van der Waals surface area contributed by atoms with Crippen LogP contribution in [-0.2, 0) is 9.53 Å². The van der Waals surface area contributed by atoms with Gasteiger partial charge in [0.25, 0.3) is 0 Å². The first kappa shape index (κ1) is 21.2. The van der Waals surface area contributed by atoms with Crippen molar-refractivity contribution in [1.82, 2.24) is 10.3 Å². The number of nitrogens with one attached hydrogen (secondary N) is 2. The average molecular weight is 408 g/mol. The van der Waals surface area contributed by atoms with E-state index in [0.29, 0.717) is 23.2 Å². The maximum absolute atomic E-state index is 12.0. The Morgan fingerprint density at radius 2 is 1.93 bits per heavy atom. The molecule has 0 fully saturated rings. The molecule has 0 saturated heterocycles. The van der Waals surface area contributed by atoms with Gasteiger partial charge >= 0.3 is 6.09 Å². The normalized spacial score (nSPS) is 11.1. The number of carbonyl (C=O) groups is 2. The van der Waals surface area contributed by atoms with E-state index in [0.717, 1.165) is 11.3 Å². The highest BCUT2D eigenvalue weighted by molar-refractivity contribution is 7.99. The maximum Gasteiger partial charge on any atom is 0.407 e. The minimum absolute atomic E-state index is 0.109. The van der Waals surface area contributed by atoms with Crippen LogP contribution in [0.5, 0.6) is 0 Å². The van der Waals surface area contributed by atoms with Gasteiger partial charge in [-0.2, -0.15) is 11.8 Å². The summed E-state index contributed by atoms with van der Waals surface area (Å²) in [4.78, 5) is 28.0. The third-order valence-corrected chi connectivity index (χ3v) is 4.96. The van der Waals surface area contributed by atoms with Gasteiger partial charge in [-0.1, -0.05) is 29.8 Å². The van der Waals surface area contributed by atoms with E-state index in [2.05, 4.69) is 15.6 Å². The standard InChI is InChI=1S/C19H25N3O3S2/c1-13-5-7-14(8-6-13)15-11-27-17(21-15)22-16(23)12-26-10-9-20-18(24)25-19(2,3)4/h5-8,11H,9-10,12H2,1-4H3,(H,20,24)(H,21,22,23). The first-order chi connectivity index (χ1) is 12.7. The molecule has 0 atom stereocenters. The summed E-state index contributed by atoms with van der Waals surface area (Å²) in [5.41, 5.74) is 2.56. The molecule has 8 heteroatoms. The van der Waals surface area contributed by atoms with E-state index >= 15 is 0 Å². The highest BCUT2D eigenvalue weighted by Crippen LogP contribution is 2.25. The molecule has 1 aromatic carbocycles. The summed E-state index contributed by atoms with van der Waals surface area (Å²) in [6.07, 6.45) is -0.445. The number of hydrogen-bond acceptors (Lipinski definition) is 6. The minimum atomic E-state index is -0.512. The lowest BCUT2D eigenvalue weighted by atomic mass is 10.1. The summed E-state index contributed by atoms with van der Waals surface area (Å²) in [7, 11) is 0. The molecule has 0 radical (unpaired) electrons. The zero-order valence-electron chi connectivity index (χ0n) is 16.0. The second-order valence-corrected chi connectivity index (χ2v) is 8.90. The molecule has 0 aliphatic heterocycles. The topological polar surface area (TPSA) is 80.3 Å². The Morgan fingerprint density at radius 3 is 2.59 bits per heavy atom. The van der Waals surface area contributed by atoms with Crippen LogP contribution in [0.25, 0.3) is 11.3 Å². The number of anilines is 1. The summed E-state index contributed by atoms with van der Waals surface area (Å²) >= 11 is 2.84. The molecule has 27 heavy (non-hydrogen) atoms. The molecule has 2 amide bonds. The van der Waals surface area contributed by atoms with E-state index < -0.39 is 11.7 Å². The van der Waals surface area contributed by atoms with Gasteiger partial charge in [-0.3, -0.25) is 4.79 Å². The van der Waals surface area contributed by atoms with Crippen LogP contribution in [0.15, 0.2) is 29.6 Å². The molecule has 0 aliphatic rings. The summed E-state index contributed by atoms with van der Waals surface area (Å²) in [6, 6.07) is 8.11. The van der Waals surface area contributed by atoms with Gasteiger partial charge < -0.3 is 15.4 Å². The second kappa shape index (κ2) is 9.75. The van der Waals surface area contributed by atoms with Gasteiger partial charge in [0.05, 0.1) is 11.4 Å². The molecule has 2 aromatic rings. The Hall–Kier alpha value is -2.06.